The molecule has 0 aliphatic rings. The first kappa shape index (κ1) is 23.8. The van der Waals surface area contributed by atoms with Gasteiger partial charge in [0.15, 0.2) is 0 Å². The Hall–Kier alpha value is -2.83. The maximum Gasteiger partial charge on any atom is 0.264 e. The molecule has 168 valence electrons. The molecule has 0 fully saturated rings. The zero-order valence-electron chi connectivity index (χ0n) is 18.4. The van der Waals surface area contributed by atoms with Crippen molar-refractivity contribution in [2.45, 2.75) is 31.6 Å². The zero-order chi connectivity index (χ0) is 23.3. The molecule has 0 aliphatic carbocycles. The van der Waals surface area contributed by atoms with E-state index in [2.05, 4.69) is 5.32 Å². The number of benzene rings is 3. The Balaban J connectivity index is 1.87. The zero-order valence-corrected chi connectivity index (χ0v) is 20.0. The molecule has 3 rings (SSSR count). The highest BCUT2D eigenvalue weighted by molar-refractivity contribution is 7.92. The lowest BCUT2D eigenvalue weighted by Crippen LogP contribution is -2.42. The smallest absolute Gasteiger partial charge is 0.264 e. The van der Waals surface area contributed by atoms with Crippen LogP contribution in [0.2, 0.25) is 5.02 Å². The van der Waals surface area contributed by atoms with Gasteiger partial charge in [0.1, 0.15) is 6.54 Å². The number of hydrogen-bond donors (Lipinski definition) is 1. The number of carbonyl (C=O) groups is 1. The Morgan fingerprint density at radius 1 is 0.969 bits per heavy atom. The number of rotatable bonds is 8. The van der Waals surface area contributed by atoms with Gasteiger partial charge in [-0.1, -0.05) is 72.6 Å². The van der Waals surface area contributed by atoms with Crippen LogP contribution in [0.15, 0.2) is 77.7 Å². The summed E-state index contributed by atoms with van der Waals surface area (Å²) in [5.41, 5.74) is 3.02. The molecule has 32 heavy (non-hydrogen) atoms. The molecule has 3 aromatic rings. The number of halogens is 1. The summed E-state index contributed by atoms with van der Waals surface area (Å²) in [5, 5.41) is 3.30. The van der Waals surface area contributed by atoms with E-state index in [0.717, 1.165) is 15.4 Å². The maximum absolute atomic E-state index is 13.5. The molecule has 0 radical (unpaired) electrons. The molecule has 1 amide bonds. The second-order valence-electron chi connectivity index (χ2n) is 7.82. The lowest BCUT2D eigenvalue weighted by molar-refractivity contribution is -0.119. The van der Waals surface area contributed by atoms with E-state index in [0.29, 0.717) is 22.8 Å². The molecule has 0 spiro atoms. The molecule has 5 nitrogen and oxygen atoms in total. The van der Waals surface area contributed by atoms with Crippen molar-refractivity contribution in [3.63, 3.8) is 0 Å². The minimum atomic E-state index is -3.98. The monoisotopic (exact) mass is 470 g/mol. The van der Waals surface area contributed by atoms with Crippen LogP contribution in [0.25, 0.3) is 0 Å². The third-order valence-corrected chi connectivity index (χ3v) is 7.56. The minimum absolute atomic E-state index is 0.0928. The molecular formula is C25H27ClN2O3S. The lowest BCUT2D eigenvalue weighted by Gasteiger charge is -2.26. The molecule has 3 aromatic carbocycles. The fourth-order valence-electron chi connectivity index (χ4n) is 3.36. The Morgan fingerprint density at radius 3 is 2.28 bits per heavy atom. The molecule has 1 unspecified atom stereocenters. The molecule has 0 saturated carbocycles. The fourth-order valence-corrected chi connectivity index (χ4v) is 5.00. The summed E-state index contributed by atoms with van der Waals surface area (Å²) in [6.07, 6.45) is 0. The predicted molar refractivity (Wildman–Crippen MR) is 130 cm³/mol. The predicted octanol–water partition coefficient (Wildman–Crippen LogP) is 5.07. The van der Waals surface area contributed by atoms with Crippen LogP contribution in [0.4, 0.5) is 5.69 Å². The lowest BCUT2D eigenvalue weighted by atomic mass is 10.0. The van der Waals surface area contributed by atoms with Gasteiger partial charge in [-0.25, -0.2) is 8.42 Å². The van der Waals surface area contributed by atoms with Crippen molar-refractivity contribution in [1.82, 2.24) is 5.32 Å². The average Bonchev–Trinajstić information content (AvgIpc) is 2.78. The van der Waals surface area contributed by atoms with E-state index in [1.54, 1.807) is 49.4 Å². The Labute approximate surface area is 195 Å². The van der Waals surface area contributed by atoms with Crippen molar-refractivity contribution in [2.75, 3.05) is 17.4 Å². The number of carbonyl (C=O) groups excluding carboxylic acids is 1. The second-order valence-corrected chi connectivity index (χ2v) is 10.1. The SMILES string of the molecule is Cc1ccc(S(=O)(=O)N(CC(=O)NCC(C)c2ccccc2)c2cccc(Cl)c2C)cc1. The van der Waals surface area contributed by atoms with Gasteiger partial charge in [0.05, 0.1) is 10.6 Å². The van der Waals surface area contributed by atoms with Gasteiger partial charge in [-0.3, -0.25) is 9.10 Å². The average molecular weight is 471 g/mol. The fraction of sp³-hybridized carbons (Fsp3) is 0.240. The van der Waals surface area contributed by atoms with Crippen LogP contribution >= 0.6 is 11.6 Å². The van der Waals surface area contributed by atoms with Gasteiger partial charge in [-0.05, 0) is 55.2 Å². The highest BCUT2D eigenvalue weighted by Crippen LogP contribution is 2.30. The molecule has 1 atom stereocenters. The summed E-state index contributed by atoms with van der Waals surface area (Å²) in [7, 11) is -3.98. The van der Waals surface area contributed by atoms with Crippen molar-refractivity contribution >= 4 is 33.2 Å². The third kappa shape index (κ3) is 5.50. The van der Waals surface area contributed by atoms with Crippen molar-refractivity contribution in [1.29, 1.82) is 0 Å². The Morgan fingerprint density at radius 2 is 1.62 bits per heavy atom. The minimum Gasteiger partial charge on any atom is -0.354 e. The molecule has 0 aromatic heterocycles. The van der Waals surface area contributed by atoms with E-state index in [4.69, 9.17) is 11.6 Å². The highest BCUT2D eigenvalue weighted by atomic mass is 35.5. The van der Waals surface area contributed by atoms with Crippen LogP contribution in [0.3, 0.4) is 0 Å². The van der Waals surface area contributed by atoms with Gasteiger partial charge in [-0.15, -0.1) is 0 Å². The van der Waals surface area contributed by atoms with Gasteiger partial charge in [0.25, 0.3) is 10.0 Å². The molecule has 1 N–H and O–H groups in total. The summed E-state index contributed by atoms with van der Waals surface area (Å²) in [6.45, 7) is 5.69. The van der Waals surface area contributed by atoms with E-state index in [-0.39, 0.29) is 23.3 Å². The van der Waals surface area contributed by atoms with Crippen molar-refractivity contribution in [3.8, 4) is 0 Å². The first-order valence-electron chi connectivity index (χ1n) is 10.4. The van der Waals surface area contributed by atoms with E-state index in [1.165, 1.54) is 0 Å². The molecule has 0 bridgehead atoms. The molecule has 0 aliphatic heterocycles. The van der Waals surface area contributed by atoms with E-state index < -0.39 is 10.0 Å². The van der Waals surface area contributed by atoms with Gasteiger partial charge in [0, 0.05) is 11.6 Å². The summed E-state index contributed by atoms with van der Waals surface area (Å²) < 4.78 is 28.1. The Bertz CT molecular complexity index is 1180. The summed E-state index contributed by atoms with van der Waals surface area (Å²) in [6, 6.07) is 21.4. The van der Waals surface area contributed by atoms with Crippen LogP contribution in [-0.2, 0) is 14.8 Å². The molecule has 7 heteroatoms. The largest absolute Gasteiger partial charge is 0.354 e. The van der Waals surface area contributed by atoms with E-state index in [9.17, 15) is 13.2 Å². The molecule has 0 heterocycles. The van der Waals surface area contributed by atoms with Crippen LogP contribution in [0.1, 0.15) is 29.5 Å². The second kappa shape index (κ2) is 10.2. The topological polar surface area (TPSA) is 66.5 Å². The first-order valence-corrected chi connectivity index (χ1v) is 12.2. The van der Waals surface area contributed by atoms with Crippen LogP contribution in [0, 0.1) is 13.8 Å². The Kier molecular flexibility index (Phi) is 7.59. The van der Waals surface area contributed by atoms with E-state index in [1.807, 2.05) is 44.2 Å². The van der Waals surface area contributed by atoms with Crippen molar-refractivity contribution in [3.05, 3.63) is 94.5 Å². The van der Waals surface area contributed by atoms with Gasteiger partial charge < -0.3 is 5.32 Å². The summed E-state index contributed by atoms with van der Waals surface area (Å²) >= 11 is 6.26. The van der Waals surface area contributed by atoms with Crippen LogP contribution in [0.5, 0.6) is 0 Å². The third-order valence-electron chi connectivity index (χ3n) is 5.38. The van der Waals surface area contributed by atoms with Gasteiger partial charge in [-0.2, -0.15) is 0 Å². The number of nitrogens with zero attached hydrogens (tertiary/aromatic N) is 1. The van der Waals surface area contributed by atoms with Gasteiger partial charge in [0.2, 0.25) is 5.91 Å². The maximum atomic E-state index is 13.5. The molecular weight excluding hydrogens is 444 g/mol. The van der Waals surface area contributed by atoms with Crippen LogP contribution < -0.4 is 9.62 Å². The number of sulfonamides is 1. The highest BCUT2D eigenvalue weighted by Gasteiger charge is 2.28. The standard InChI is InChI=1S/C25H27ClN2O3S/c1-18-12-14-22(15-13-18)32(30,31)28(24-11-7-10-23(26)20(24)3)17-25(29)27-16-19(2)21-8-5-4-6-9-21/h4-15,19H,16-17H2,1-3H3,(H,27,29). The van der Waals surface area contributed by atoms with E-state index >= 15 is 0 Å². The van der Waals surface area contributed by atoms with Gasteiger partial charge >= 0.3 is 0 Å². The number of amides is 1. The van der Waals surface area contributed by atoms with Crippen molar-refractivity contribution in [2.24, 2.45) is 0 Å². The summed E-state index contributed by atoms with van der Waals surface area (Å²) in [5.74, 6) is -0.293. The number of nitrogens with one attached hydrogen (secondary N) is 1. The number of aryl methyl sites for hydroxylation is 1. The quantitative estimate of drug-likeness (QED) is 0.499. The molecule has 0 saturated heterocycles. The normalized spacial score (nSPS) is 12.2. The van der Waals surface area contributed by atoms with Crippen molar-refractivity contribution < 1.29 is 13.2 Å². The number of hydrogen-bond acceptors (Lipinski definition) is 3. The number of anilines is 1. The summed E-state index contributed by atoms with van der Waals surface area (Å²) in [4.78, 5) is 13.0. The first-order chi connectivity index (χ1) is 15.2. The van der Waals surface area contributed by atoms with Crippen LogP contribution in [-0.4, -0.2) is 27.4 Å².